The average molecular weight is 316 g/mol. The fourth-order valence-corrected chi connectivity index (χ4v) is 2.62. The van der Waals surface area contributed by atoms with Gasteiger partial charge in [-0.25, -0.2) is 9.97 Å². The predicted octanol–water partition coefficient (Wildman–Crippen LogP) is 3.00. The Balaban J connectivity index is 0.000000246. The van der Waals surface area contributed by atoms with Crippen molar-refractivity contribution in [1.82, 2.24) is 14.9 Å². The molecule has 122 valence electrons. The normalized spacial score (nSPS) is 17.8. The molecule has 1 aliphatic heterocycles. The van der Waals surface area contributed by atoms with Crippen molar-refractivity contribution in [2.45, 2.75) is 51.2 Å². The summed E-state index contributed by atoms with van der Waals surface area (Å²) in [6.45, 7) is 0.0178. The number of halogens is 3. The number of fused-ring (bicyclic) bond motifs is 1. The van der Waals surface area contributed by atoms with Gasteiger partial charge in [-0.15, -0.1) is 0 Å². The van der Waals surface area contributed by atoms with Gasteiger partial charge in [0.1, 0.15) is 0 Å². The molecule has 1 saturated carbocycles. The van der Waals surface area contributed by atoms with Crippen molar-refractivity contribution in [3.8, 4) is 0 Å². The molecule has 2 aliphatic rings. The summed E-state index contributed by atoms with van der Waals surface area (Å²) in [4.78, 5) is 19.3. The molecule has 8 heteroatoms. The molecule has 0 bridgehead atoms. The predicted molar refractivity (Wildman–Crippen MR) is 74.9 cm³/mol. The largest absolute Gasteiger partial charge is 0.434 e. The number of nitrogen functional groups attached to an aromatic ring is 1. The van der Waals surface area contributed by atoms with E-state index in [2.05, 4.69) is 9.97 Å². The van der Waals surface area contributed by atoms with Crippen LogP contribution >= 0.6 is 0 Å². The molecular weight excluding hydrogens is 297 g/mol. The zero-order valence-electron chi connectivity index (χ0n) is 12.4. The Hall–Kier alpha value is -1.86. The second-order valence-corrected chi connectivity index (χ2v) is 5.53. The van der Waals surface area contributed by atoms with Crippen molar-refractivity contribution >= 4 is 11.9 Å². The molecule has 3 rings (SSSR count). The zero-order valence-corrected chi connectivity index (χ0v) is 12.4. The van der Waals surface area contributed by atoms with Gasteiger partial charge in [0.25, 0.3) is 5.91 Å². The van der Waals surface area contributed by atoms with Gasteiger partial charge < -0.3 is 10.6 Å². The Bertz CT molecular complexity index is 544. The van der Waals surface area contributed by atoms with Crippen molar-refractivity contribution < 1.29 is 18.0 Å². The van der Waals surface area contributed by atoms with Crippen LogP contribution in [0.15, 0.2) is 0 Å². The van der Waals surface area contributed by atoms with E-state index in [-0.39, 0.29) is 12.2 Å². The Morgan fingerprint density at radius 2 is 1.55 bits per heavy atom. The highest BCUT2D eigenvalue weighted by molar-refractivity contribution is 5.98. The molecule has 0 radical (unpaired) electrons. The quantitative estimate of drug-likeness (QED) is 0.798. The number of amides is 1. The highest BCUT2D eigenvalue weighted by atomic mass is 19.4. The molecule has 1 amide bonds. The molecule has 2 heterocycles. The summed E-state index contributed by atoms with van der Waals surface area (Å²) in [5.74, 6) is -1.21. The first-order valence-corrected chi connectivity index (χ1v) is 7.29. The Morgan fingerprint density at radius 1 is 1.05 bits per heavy atom. The number of rotatable bonds is 0. The monoisotopic (exact) mass is 316 g/mol. The lowest BCUT2D eigenvalue weighted by molar-refractivity contribution is -0.141. The minimum absolute atomic E-state index is 0.0178. The molecule has 0 aromatic carbocycles. The fourth-order valence-electron chi connectivity index (χ4n) is 2.62. The van der Waals surface area contributed by atoms with E-state index in [0.717, 1.165) is 4.90 Å². The van der Waals surface area contributed by atoms with E-state index in [1.165, 1.54) is 45.6 Å². The van der Waals surface area contributed by atoms with Crippen LogP contribution in [0.25, 0.3) is 0 Å². The second kappa shape index (κ2) is 6.50. The van der Waals surface area contributed by atoms with Crippen LogP contribution in [0.3, 0.4) is 0 Å². The van der Waals surface area contributed by atoms with Gasteiger partial charge in [0.05, 0.1) is 17.8 Å². The number of alkyl halides is 3. The lowest BCUT2D eigenvalue weighted by atomic mass is 10.0. The molecule has 1 aliphatic carbocycles. The van der Waals surface area contributed by atoms with Gasteiger partial charge in [-0.2, -0.15) is 13.2 Å². The van der Waals surface area contributed by atoms with E-state index >= 15 is 0 Å². The summed E-state index contributed by atoms with van der Waals surface area (Å²) in [6, 6.07) is 0. The molecular formula is C14H19F3N4O. The lowest BCUT2D eigenvalue weighted by Gasteiger charge is -2.09. The topological polar surface area (TPSA) is 72.1 Å². The van der Waals surface area contributed by atoms with E-state index in [9.17, 15) is 18.0 Å². The number of anilines is 1. The first-order chi connectivity index (χ1) is 10.3. The summed E-state index contributed by atoms with van der Waals surface area (Å²) in [7, 11) is 1.39. The molecule has 0 atom stereocenters. The molecule has 0 saturated heterocycles. The average Bonchev–Trinajstić information content (AvgIpc) is 2.74. The van der Waals surface area contributed by atoms with Gasteiger partial charge in [-0.05, 0) is 0 Å². The second-order valence-electron chi connectivity index (χ2n) is 5.53. The Kier molecular flexibility index (Phi) is 4.87. The van der Waals surface area contributed by atoms with Crippen molar-refractivity contribution in [2.75, 3.05) is 12.8 Å². The van der Waals surface area contributed by atoms with E-state index < -0.39 is 29.3 Å². The summed E-state index contributed by atoms with van der Waals surface area (Å²) in [5.41, 5.74) is 3.43. The van der Waals surface area contributed by atoms with Crippen LogP contribution in [-0.4, -0.2) is 27.8 Å². The highest BCUT2D eigenvalue weighted by Crippen LogP contribution is 2.34. The first kappa shape index (κ1) is 16.5. The van der Waals surface area contributed by atoms with Crippen molar-refractivity contribution in [3.63, 3.8) is 0 Å². The minimum Gasteiger partial charge on any atom is -0.368 e. The van der Waals surface area contributed by atoms with E-state index in [0.29, 0.717) is 0 Å². The third-order valence-electron chi connectivity index (χ3n) is 3.72. The van der Waals surface area contributed by atoms with Crippen LogP contribution in [0.2, 0.25) is 0 Å². The number of nitrogens with two attached hydrogens (primary N) is 1. The Morgan fingerprint density at radius 3 is 2.00 bits per heavy atom. The van der Waals surface area contributed by atoms with E-state index in [1.807, 2.05) is 0 Å². The smallest absolute Gasteiger partial charge is 0.368 e. The maximum absolute atomic E-state index is 12.6. The molecule has 1 aromatic rings. The number of carbonyl (C=O) groups is 1. The molecule has 1 aromatic heterocycles. The number of hydrogen-bond donors (Lipinski definition) is 1. The van der Waals surface area contributed by atoms with E-state index in [1.54, 1.807) is 0 Å². The van der Waals surface area contributed by atoms with Crippen LogP contribution in [-0.2, 0) is 12.7 Å². The minimum atomic E-state index is -4.71. The van der Waals surface area contributed by atoms with Crippen molar-refractivity contribution in [2.24, 2.45) is 0 Å². The van der Waals surface area contributed by atoms with Crippen LogP contribution < -0.4 is 5.73 Å². The maximum Gasteiger partial charge on any atom is 0.434 e. The van der Waals surface area contributed by atoms with Crippen molar-refractivity contribution in [1.29, 1.82) is 0 Å². The van der Waals surface area contributed by atoms with Gasteiger partial charge in [0.15, 0.2) is 5.69 Å². The van der Waals surface area contributed by atoms with Crippen molar-refractivity contribution in [3.05, 3.63) is 17.0 Å². The van der Waals surface area contributed by atoms with Crippen LogP contribution in [0.5, 0.6) is 0 Å². The van der Waals surface area contributed by atoms with Gasteiger partial charge >= 0.3 is 6.18 Å². The zero-order chi connectivity index (χ0) is 16.3. The molecule has 1 fully saturated rings. The molecule has 0 unspecified atom stereocenters. The summed E-state index contributed by atoms with van der Waals surface area (Å²) in [6.07, 6.45) is 4.29. The number of nitrogens with zero attached hydrogens (tertiary/aromatic N) is 3. The third-order valence-corrected chi connectivity index (χ3v) is 3.72. The number of aromatic nitrogens is 2. The van der Waals surface area contributed by atoms with Gasteiger partial charge in [-0.3, -0.25) is 4.79 Å². The highest BCUT2D eigenvalue weighted by Gasteiger charge is 2.42. The first-order valence-electron chi connectivity index (χ1n) is 7.29. The maximum atomic E-state index is 12.6. The molecule has 2 N–H and O–H groups in total. The van der Waals surface area contributed by atoms with Gasteiger partial charge in [0.2, 0.25) is 5.95 Å². The van der Waals surface area contributed by atoms with E-state index in [4.69, 9.17) is 5.73 Å². The number of hydrogen-bond acceptors (Lipinski definition) is 4. The summed E-state index contributed by atoms with van der Waals surface area (Å²) in [5, 5.41) is 0. The summed E-state index contributed by atoms with van der Waals surface area (Å²) < 4.78 is 37.8. The number of carbonyl (C=O) groups excluding carboxylic acids is 1. The lowest BCUT2D eigenvalue weighted by Crippen LogP contribution is -2.21. The Labute approximate surface area is 126 Å². The summed E-state index contributed by atoms with van der Waals surface area (Å²) >= 11 is 0. The molecule has 5 nitrogen and oxygen atoms in total. The third kappa shape index (κ3) is 3.66. The van der Waals surface area contributed by atoms with Crippen LogP contribution in [0.1, 0.15) is 60.3 Å². The standard InChI is InChI=1S/C8H7F3N4O.C6H12/c1-15-2-3-4(6(15)16)5(8(9,10)11)14-7(12)13-3;1-2-4-6-5-3-1/h2H2,1H3,(H2,12,13,14);1-6H2. The van der Waals surface area contributed by atoms with Gasteiger partial charge in [0, 0.05) is 7.05 Å². The van der Waals surface area contributed by atoms with Crippen LogP contribution in [0, 0.1) is 0 Å². The SMILES string of the molecule is C1CCCCC1.CN1Cc2nc(N)nc(C(F)(F)F)c2C1=O. The molecule has 0 spiro atoms. The molecule has 22 heavy (non-hydrogen) atoms. The fraction of sp³-hybridized carbons (Fsp3) is 0.643. The van der Waals surface area contributed by atoms with Gasteiger partial charge in [-0.1, -0.05) is 38.5 Å². The van der Waals surface area contributed by atoms with Crippen LogP contribution in [0.4, 0.5) is 19.1 Å².